The Hall–Kier alpha value is -5.03. The highest BCUT2D eigenvalue weighted by Crippen LogP contribution is 2.36. The number of fused-ring (bicyclic) bond motifs is 1. The van der Waals surface area contributed by atoms with E-state index in [0.717, 1.165) is 28.1 Å². The highest BCUT2D eigenvalue weighted by molar-refractivity contribution is 6.03. The molecule has 11 heteroatoms. The summed E-state index contributed by atoms with van der Waals surface area (Å²) in [6, 6.07) is 13.2. The van der Waals surface area contributed by atoms with Gasteiger partial charge in [-0.05, 0) is 64.2 Å². The molecule has 0 bridgehead atoms. The summed E-state index contributed by atoms with van der Waals surface area (Å²) in [4.78, 5) is 41.5. The average molecular weight is 580 g/mol. The molecule has 4 aromatic rings. The Morgan fingerprint density at radius 3 is 2.65 bits per heavy atom. The topological polar surface area (TPSA) is 112 Å². The van der Waals surface area contributed by atoms with Crippen molar-refractivity contribution in [3.8, 4) is 0 Å². The molecule has 0 atom stereocenters. The molecule has 2 aromatic heterocycles. The third kappa shape index (κ3) is 6.90. The van der Waals surface area contributed by atoms with Crippen molar-refractivity contribution >= 4 is 40.8 Å². The number of benzene rings is 2. The number of amides is 3. The molecule has 1 aliphatic rings. The molecule has 2 aromatic carbocycles. The van der Waals surface area contributed by atoms with Crippen LogP contribution in [-0.4, -0.2) is 62.1 Å². The number of hydrogen-bond donors (Lipinski definition) is 2. The number of likely N-dealkylation sites (N-methyl/N-ethyl adjacent to an activating group) is 1. The highest BCUT2D eigenvalue weighted by Gasteiger charge is 2.34. The summed E-state index contributed by atoms with van der Waals surface area (Å²) >= 11 is 0. The molecular weight excluding hydrogens is 542 g/mol. The van der Waals surface area contributed by atoms with E-state index in [2.05, 4.69) is 52.8 Å². The molecule has 0 saturated carbocycles. The quantitative estimate of drug-likeness (QED) is 0.262. The smallest absolute Gasteiger partial charge is 0.322 e. The summed E-state index contributed by atoms with van der Waals surface area (Å²) in [5.74, 6) is 0.586. The molecule has 0 radical (unpaired) electrons. The predicted molar refractivity (Wildman–Crippen MR) is 169 cm³/mol. The van der Waals surface area contributed by atoms with Crippen molar-refractivity contribution < 1.29 is 9.59 Å². The van der Waals surface area contributed by atoms with Crippen LogP contribution in [0, 0.1) is 20.8 Å². The molecule has 1 aliphatic heterocycles. The molecule has 43 heavy (non-hydrogen) atoms. The van der Waals surface area contributed by atoms with Crippen LogP contribution in [0.4, 0.5) is 33.6 Å². The number of hydrogen-bond acceptors (Lipinski definition) is 7. The second-order valence-corrected chi connectivity index (χ2v) is 11.1. The lowest BCUT2D eigenvalue weighted by Gasteiger charge is -2.36. The van der Waals surface area contributed by atoms with E-state index in [0.29, 0.717) is 42.8 Å². The zero-order valence-corrected chi connectivity index (χ0v) is 25.4. The van der Waals surface area contributed by atoms with Crippen molar-refractivity contribution in [2.24, 2.45) is 7.05 Å². The van der Waals surface area contributed by atoms with Gasteiger partial charge >= 0.3 is 6.03 Å². The molecule has 0 aliphatic carbocycles. The number of nitrogens with one attached hydrogen (secondary N) is 2. The van der Waals surface area contributed by atoms with Crippen LogP contribution < -0.4 is 15.5 Å². The number of anilines is 5. The van der Waals surface area contributed by atoms with Crippen LogP contribution in [0.3, 0.4) is 0 Å². The number of aryl methyl sites for hydroxylation is 4. The van der Waals surface area contributed by atoms with Crippen LogP contribution in [0.15, 0.2) is 67.0 Å². The molecule has 0 saturated heterocycles. The maximum absolute atomic E-state index is 14.2. The van der Waals surface area contributed by atoms with Gasteiger partial charge in [-0.2, -0.15) is 10.1 Å². The van der Waals surface area contributed by atoms with Gasteiger partial charge in [0, 0.05) is 49.9 Å². The first kappa shape index (κ1) is 29.5. The Balaban J connectivity index is 1.50. The normalized spacial score (nSPS) is 13.1. The summed E-state index contributed by atoms with van der Waals surface area (Å²) in [6.07, 6.45) is 6.91. The van der Waals surface area contributed by atoms with Gasteiger partial charge in [0.1, 0.15) is 0 Å². The summed E-state index contributed by atoms with van der Waals surface area (Å²) < 4.78 is 1.71. The fourth-order valence-corrected chi connectivity index (χ4v) is 4.97. The van der Waals surface area contributed by atoms with Gasteiger partial charge in [-0.15, -0.1) is 0 Å². The Morgan fingerprint density at radius 2 is 1.93 bits per heavy atom. The molecule has 5 rings (SSSR count). The van der Waals surface area contributed by atoms with Gasteiger partial charge in [0.05, 0.1) is 23.6 Å². The first-order valence-electron chi connectivity index (χ1n) is 14.1. The average Bonchev–Trinajstić information content (AvgIpc) is 3.26. The van der Waals surface area contributed by atoms with Gasteiger partial charge in [-0.3, -0.25) is 9.48 Å². The van der Waals surface area contributed by atoms with Crippen molar-refractivity contribution in [3.05, 3.63) is 95.0 Å². The molecule has 11 nitrogen and oxygen atoms in total. The van der Waals surface area contributed by atoms with Crippen molar-refractivity contribution in [1.82, 2.24) is 29.5 Å². The van der Waals surface area contributed by atoms with E-state index in [1.165, 1.54) is 11.6 Å². The predicted octanol–water partition coefficient (Wildman–Crippen LogP) is 5.21. The largest absolute Gasteiger partial charge is 0.330 e. The Labute approximate surface area is 251 Å². The van der Waals surface area contributed by atoms with Crippen LogP contribution in [0.25, 0.3) is 0 Å². The number of carbonyl (C=O) groups excluding carboxylic acids is 2. The standard InChI is InChI=1S/C32H37N9O2/c1-21-12-13-24(22(2)15-21)18-40-19-25-17-33-31(35-28-20-39(6)37-23(28)3)36-30(25)41(32(40)43)27-10-7-9-26(16-27)34-29(42)11-8-14-38(4)5/h7-13,15-17,20H,14,18-19H2,1-6H3,(H,34,42)(H,33,35,36)/b11-8+. The molecule has 0 fully saturated rings. The fourth-order valence-electron chi connectivity index (χ4n) is 4.97. The van der Waals surface area contributed by atoms with E-state index in [4.69, 9.17) is 4.98 Å². The van der Waals surface area contributed by atoms with E-state index in [-0.39, 0.29) is 11.9 Å². The maximum Gasteiger partial charge on any atom is 0.330 e. The number of urea groups is 1. The second-order valence-electron chi connectivity index (χ2n) is 11.1. The molecule has 0 unspecified atom stereocenters. The highest BCUT2D eigenvalue weighted by atomic mass is 16.2. The minimum atomic E-state index is -0.249. The van der Waals surface area contributed by atoms with Crippen LogP contribution in [-0.2, 0) is 24.9 Å². The fraction of sp³-hybridized carbons (Fsp3) is 0.281. The number of rotatable bonds is 9. The summed E-state index contributed by atoms with van der Waals surface area (Å²) in [7, 11) is 5.72. The number of carbonyl (C=O) groups is 2. The van der Waals surface area contributed by atoms with E-state index < -0.39 is 0 Å². The number of nitrogens with zero attached hydrogens (tertiary/aromatic N) is 7. The molecule has 0 spiro atoms. The molecule has 222 valence electrons. The summed E-state index contributed by atoms with van der Waals surface area (Å²) in [5.41, 5.74) is 6.90. The lowest BCUT2D eigenvalue weighted by Crippen LogP contribution is -2.45. The van der Waals surface area contributed by atoms with Crippen molar-refractivity contribution in [1.29, 1.82) is 0 Å². The lowest BCUT2D eigenvalue weighted by atomic mass is 10.0. The summed E-state index contributed by atoms with van der Waals surface area (Å²) in [6.45, 7) is 7.46. The first-order chi connectivity index (χ1) is 20.6. The minimum Gasteiger partial charge on any atom is -0.322 e. The van der Waals surface area contributed by atoms with Crippen LogP contribution in [0.5, 0.6) is 0 Å². The minimum absolute atomic E-state index is 0.218. The second kappa shape index (κ2) is 12.5. The maximum atomic E-state index is 14.2. The van der Waals surface area contributed by atoms with Gasteiger partial charge in [-0.25, -0.2) is 14.7 Å². The van der Waals surface area contributed by atoms with E-state index >= 15 is 0 Å². The third-order valence-corrected chi connectivity index (χ3v) is 7.11. The van der Waals surface area contributed by atoms with Crippen LogP contribution >= 0.6 is 0 Å². The van der Waals surface area contributed by atoms with Gasteiger partial charge in [0.2, 0.25) is 11.9 Å². The summed E-state index contributed by atoms with van der Waals surface area (Å²) in [5, 5.41) is 10.5. The Morgan fingerprint density at radius 1 is 1.12 bits per heavy atom. The van der Waals surface area contributed by atoms with Gasteiger partial charge in [0.15, 0.2) is 5.82 Å². The van der Waals surface area contributed by atoms with Crippen molar-refractivity contribution in [2.45, 2.75) is 33.9 Å². The van der Waals surface area contributed by atoms with E-state index in [9.17, 15) is 9.59 Å². The zero-order valence-electron chi connectivity index (χ0n) is 25.4. The van der Waals surface area contributed by atoms with Crippen molar-refractivity contribution in [3.63, 3.8) is 0 Å². The zero-order chi connectivity index (χ0) is 30.7. The molecular formula is C32H37N9O2. The van der Waals surface area contributed by atoms with Crippen molar-refractivity contribution in [2.75, 3.05) is 36.2 Å². The number of aromatic nitrogens is 4. The molecule has 3 amide bonds. The SMILES string of the molecule is Cc1ccc(CN2Cc3cnc(Nc4cn(C)nc4C)nc3N(c3cccc(NC(=O)/C=C/CN(C)C)c3)C2=O)c(C)c1. The van der Waals surface area contributed by atoms with Gasteiger partial charge in [-0.1, -0.05) is 35.9 Å². The van der Waals surface area contributed by atoms with Crippen LogP contribution in [0.2, 0.25) is 0 Å². The van der Waals surface area contributed by atoms with Crippen LogP contribution in [0.1, 0.15) is 27.9 Å². The van der Waals surface area contributed by atoms with Gasteiger partial charge < -0.3 is 20.4 Å². The Kier molecular flexibility index (Phi) is 8.53. The molecule has 3 heterocycles. The molecule has 2 N–H and O–H groups in total. The van der Waals surface area contributed by atoms with E-state index in [1.807, 2.05) is 51.3 Å². The Bertz CT molecular complexity index is 1690. The van der Waals surface area contributed by atoms with E-state index in [1.54, 1.807) is 38.9 Å². The lowest BCUT2D eigenvalue weighted by molar-refractivity contribution is -0.111. The monoisotopic (exact) mass is 579 g/mol. The third-order valence-electron chi connectivity index (χ3n) is 7.11. The first-order valence-corrected chi connectivity index (χ1v) is 14.1. The van der Waals surface area contributed by atoms with Gasteiger partial charge in [0.25, 0.3) is 0 Å².